The Bertz CT molecular complexity index is 874. The third-order valence-corrected chi connectivity index (χ3v) is 8.05. The van der Waals surface area contributed by atoms with Gasteiger partial charge in [0.05, 0.1) is 17.5 Å². The van der Waals surface area contributed by atoms with Crippen molar-refractivity contribution in [3.63, 3.8) is 0 Å². The van der Waals surface area contributed by atoms with Crippen LogP contribution >= 0.6 is 0 Å². The number of ether oxygens (including phenoxy) is 1. The molecule has 0 atom stereocenters. The van der Waals surface area contributed by atoms with Crippen LogP contribution in [0, 0.1) is 11.3 Å². The molecule has 1 saturated carbocycles. The molecule has 2 heterocycles. The van der Waals surface area contributed by atoms with Crippen LogP contribution in [0.25, 0.3) is 0 Å². The summed E-state index contributed by atoms with van der Waals surface area (Å²) in [7, 11) is 1.84. The first-order valence-corrected chi connectivity index (χ1v) is 13.0. The lowest BCUT2D eigenvalue weighted by Gasteiger charge is -2.43. The minimum atomic E-state index is -0.439. The van der Waals surface area contributed by atoms with Gasteiger partial charge in [-0.05, 0) is 50.2 Å². The van der Waals surface area contributed by atoms with Gasteiger partial charge in [-0.2, -0.15) is 0 Å². The van der Waals surface area contributed by atoms with E-state index >= 15 is 0 Å². The Hall–Kier alpha value is -2.57. The molecule has 3 aliphatic rings. The SMILES string of the molecule is CN1CCOc2ccccc2C(=O)NCCCCC2(CCN(C(=O)CCC3CCC3)CC2)C1=O. The normalized spacial score (nSPS) is 22.3. The fourth-order valence-corrected chi connectivity index (χ4v) is 5.49. The molecule has 1 aromatic carbocycles. The average molecular weight is 470 g/mol. The number of nitrogens with one attached hydrogen (secondary N) is 1. The second-order valence-electron chi connectivity index (χ2n) is 10.3. The van der Waals surface area contributed by atoms with E-state index in [2.05, 4.69) is 5.32 Å². The Morgan fingerprint density at radius 3 is 2.56 bits per heavy atom. The van der Waals surface area contributed by atoms with Crippen LogP contribution in [0.2, 0.25) is 0 Å². The molecule has 1 aliphatic carbocycles. The maximum absolute atomic E-state index is 13.6. The molecule has 0 bridgehead atoms. The van der Waals surface area contributed by atoms with Crippen LogP contribution in [-0.2, 0) is 9.59 Å². The van der Waals surface area contributed by atoms with Gasteiger partial charge >= 0.3 is 0 Å². The molecule has 2 aliphatic heterocycles. The molecule has 0 unspecified atom stereocenters. The van der Waals surface area contributed by atoms with E-state index in [1.807, 2.05) is 24.1 Å². The molecular weight excluding hydrogens is 430 g/mol. The number of carbonyl (C=O) groups is 3. The van der Waals surface area contributed by atoms with Crippen molar-refractivity contribution in [3.8, 4) is 5.75 Å². The summed E-state index contributed by atoms with van der Waals surface area (Å²) in [4.78, 5) is 42.7. The highest BCUT2D eigenvalue weighted by atomic mass is 16.5. The van der Waals surface area contributed by atoms with E-state index in [0.29, 0.717) is 63.4 Å². The standard InChI is InChI=1S/C27H39N3O4/c1-29-19-20-34-23-10-3-2-9-22(23)25(32)28-16-5-4-13-27(26(29)33)14-17-30(18-15-27)24(31)12-11-21-7-6-8-21/h2-3,9-10,21H,4-8,11-20H2,1H3,(H,28,32). The number of fused-ring (bicyclic) bond motifs is 1. The van der Waals surface area contributed by atoms with Gasteiger partial charge in [0.15, 0.2) is 0 Å². The molecule has 7 nitrogen and oxygen atoms in total. The zero-order valence-electron chi connectivity index (χ0n) is 20.5. The predicted octanol–water partition coefficient (Wildman–Crippen LogP) is 3.63. The Kier molecular flexibility index (Phi) is 8.11. The second kappa shape index (κ2) is 11.2. The quantitative estimate of drug-likeness (QED) is 0.733. The van der Waals surface area contributed by atoms with Crippen molar-refractivity contribution in [3.05, 3.63) is 29.8 Å². The van der Waals surface area contributed by atoms with E-state index in [-0.39, 0.29) is 17.7 Å². The number of likely N-dealkylation sites (N-methyl/N-ethyl adjacent to an activating group) is 1. The molecule has 1 spiro atoms. The van der Waals surface area contributed by atoms with Crippen LogP contribution in [0.1, 0.15) is 74.6 Å². The molecule has 0 aromatic heterocycles. The lowest BCUT2D eigenvalue weighted by Crippen LogP contribution is -2.51. The Labute approximate surface area is 203 Å². The highest BCUT2D eigenvalue weighted by molar-refractivity contribution is 5.96. The van der Waals surface area contributed by atoms with Crippen molar-refractivity contribution in [1.82, 2.24) is 15.1 Å². The topological polar surface area (TPSA) is 79.0 Å². The number of hydrogen-bond acceptors (Lipinski definition) is 4. The van der Waals surface area contributed by atoms with Gasteiger partial charge in [-0.15, -0.1) is 0 Å². The predicted molar refractivity (Wildman–Crippen MR) is 131 cm³/mol. The number of hydrogen-bond donors (Lipinski definition) is 1. The molecule has 7 heteroatoms. The van der Waals surface area contributed by atoms with Crippen molar-refractivity contribution >= 4 is 17.7 Å². The maximum atomic E-state index is 13.6. The van der Waals surface area contributed by atoms with Gasteiger partial charge in [0.2, 0.25) is 11.8 Å². The van der Waals surface area contributed by atoms with Crippen molar-refractivity contribution in [2.24, 2.45) is 11.3 Å². The molecule has 1 N–H and O–H groups in total. The summed E-state index contributed by atoms with van der Waals surface area (Å²) in [5, 5.41) is 2.99. The van der Waals surface area contributed by atoms with Gasteiger partial charge < -0.3 is 19.9 Å². The number of likely N-dealkylation sites (tertiary alicyclic amines) is 1. The smallest absolute Gasteiger partial charge is 0.255 e. The third kappa shape index (κ3) is 5.73. The van der Waals surface area contributed by atoms with E-state index in [9.17, 15) is 14.4 Å². The molecule has 1 saturated heterocycles. The molecule has 0 radical (unpaired) electrons. The number of piperidine rings is 1. The van der Waals surface area contributed by atoms with Crippen LogP contribution in [0.5, 0.6) is 5.75 Å². The first-order chi connectivity index (χ1) is 16.5. The molecule has 34 heavy (non-hydrogen) atoms. The minimum Gasteiger partial charge on any atom is -0.491 e. The van der Waals surface area contributed by atoms with Crippen LogP contribution in [0.4, 0.5) is 0 Å². The van der Waals surface area contributed by atoms with Crippen LogP contribution in [-0.4, -0.2) is 67.4 Å². The summed E-state index contributed by atoms with van der Waals surface area (Å²) in [6.45, 7) is 2.67. The fraction of sp³-hybridized carbons (Fsp3) is 0.667. The van der Waals surface area contributed by atoms with Gasteiger partial charge in [-0.1, -0.05) is 37.8 Å². The van der Waals surface area contributed by atoms with Crippen LogP contribution < -0.4 is 10.1 Å². The lowest BCUT2D eigenvalue weighted by atomic mass is 9.73. The zero-order valence-corrected chi connectivity index (χ0v) is 20.5. The molecule has 1 aromatic rings. The van der Waals surface area contributed by atoms with Crippen LogP contribution in [0.3, 0.4) is 0 Å². The zero-order chi connectivity index (χ0) is 24.0. The first-order valence-electron chi connectivity index (χ1n) is 13.0. The Balaban J connectivity index is 1.38. The van der Waals surface area contributed by atoms with E-state index in [4.69, 9.17) is 4.74 Å². The Morgan fingerprint density at radius 1 is 1.06 bits per heavy atom. The monoisotopic (exact) mass is 469 g/mol. The van der Waals surface area contributed by atoms with E-state index in [1.54, 1.807) is 17.0 Å². The van der Waals surface area contributed by atoms with Gasteiger partial charge in [-0.3, -0.25) is 14.4 Å². The first kappa shape index (κ1) is 24.6. The molecule has 3 amide bonds. The molecule has 2 fully saturated rings. The lowest BCUT2D eigenvalue weighted by molar-refractivity contribution is -0.148. The third-order valence-electron chi connectivity index (χ3n) is 8.05. The Morgan fingerprint density at radius 2 is 1.82 bits per heavy atom. The van der Waals surface area contributed by atoms with Crippen LogP contribution in [0.15, 0.2) is 24.3 Å². The summed E-state index contributed by atoms with van der Waals surface area (Å²) in [5.74, 6) is 1.57. The molecular formula is C27H39N3O4. The average Bonchev–Trinajstić information content (AvgIpc) is 2.82. The van der Waals surface area contributed by atoms with Crippen molar-refractivity contribution in [2.45, 2.75) is 64.2 Å². The fourth-order valence-electron chi connectivity index (χ4n) is 5.49. The van der Waals surface area contributed by atoms with Gasteiger partial charge in [0.25, 0.3) is 5.91 Å². The number of para-hydroxylation sites is 1. The second-order valence-corrected chi connectivity index (χ2v) is 10.3. The summed E-state index contributed by atoms with van der Waals surface area (Å²) < 4.78 is 5.90. The summed E-state index contributed by atoms with van der Waals surface area (Å²) >= 11 is 0. The largest absolute Gasteiger partial charge is 0.491 e. The van der Waals surface area contributed by atoms with Crippen molar-refractivity contribution < 1.29 is 19.1 Å². The van der Waals surface area contributed by atoms with Crippen molar-refractivity contribution in [2.75, 3.05) is 39.8 Å². The number of amides is 3. The highest BCUT2D eigenvalue weighted by Gasteiger charge is 2.43. The molecule has 186 valence electrons. The number of benzene rings is 1. The summed E-state index contributed by atoms with van der Waals surface area (Å²) in [6, 6.07) is 7.23. The van der Waals surface area contributed by atoms with E-state index in [1.165, 1.54) is 19.3 Å². The minimum absolute atomic E-state index is 0.125. The van der Waals surface area contributed by atoms with Crippen molar-refractivity contribution in [1.29, 1.82) is 0 Å². The number of carbonyl (C=O) groups excluding carboxylic acids is 3. The van der Waals surface area contributed by atoms with Gasteiger partial charge in [0.1, 0.15) is 12.4 Å². The number of nitrogens with zero attached hydrogens (tertiary/aromatic N) is 2. The number of rotatable bonds is 3. The van der Waals surface area contributed by atoms with E-state index < -0.39 is 5.41 Å². The van der Waals surface area contributed by atoms with Gasteiger partial charge in [0, 0.05) is 33.1 Å². The molecule has 4 rings (SSSR count). The highest BCUT2D eigenvalue weighted by Crippen LogP contribution is 2.39. The summed E-state index contributed by atoms with van der Waals surface area (Å²) in [6.07, 6.45) is 9.39. The summed E-state index contributed by atoms with van der Waals surface area (Å²) in [5.41, 5.74) is 0.0882. The van der Waals surface area contributed by atoms with Gasteiger partial charge in [-0.25, -0.2) is 0 Å². The maximum Gasteiger partial charge on any atom is 0.255 e. The van der Waals surface area contributed by atoms with E-state index in [0.717, 1.165) is 31.6 Å².